The lowest BCUT2D eigenvalue weighted by atomic mass is 10.0. The van der Waals surface area contributed by atoms with Gasteiger partial charge in [0.15, 0.2) is 0 Å². The van der Waals surface area contributed by atoms with Crippen LogP contribution in [0.25, 0.3) is 0 Å². The van der Waals surface area contributed by atoms with Crippen molar-refractivity contribution in [2.75, 3.05) is 19.7 Å². The molecule has 0 aliphatic carbocycles. The second kappa shape index (κ2) is 10.7. The number of aliphatic hydroxyl groups is 1. The number of hydrogen-bond acceptors (Lipinski definition) is 4. The summed E-state index contributed by atoms with van der Waals surface area (Å²) in [4.78, 5) is 0.00463. The Morgan fingerprint density at radius 1 is 1.19 bits per heavy atom. The highest BCUT2D eigenvalue weighted by atomic mass is 32.2. The van der Waals surface area contributed by atoms with E-state index in [-0.39, 0.29) is 17.4 Å². The van der Waals surface area contributed by atoms with Crippen LogP contribution in [0.4, 0.5) is 0 Å². The van der Waals surface area contributed by atoms with E-state index < -0.39 is 10.1 Å². The molecule has 0 bridgehead atoms. The Morgan fingerprint density at radius 3 is 2.24 bits per heavy atom. The van der Waals surface area contributed by atoms with Crippen LogP contribution in [-0.4, -0.2) is 37.8 Å². The Labute approximate surface area is 128 Å². The fraction of sp³-hybridized carbons (Fsp3) is 0.600. The number of unbranched alkanes of at least 4 members (excludes halogenated alkanes) is 1. The summed E-state index contributed by atoms with van der Waals surface area (Å²) in [6, 6.07) is 6.46. The monoisotopic (exact) mass is 317 g/mol. The van der Waals surface area contributed by atoms with Crippen molar-refractivity contribution in [3.05, 3.63) is 29.8 Å². The van der Waals surface area contributed by atoms with Gasteiger partial charge < -0.3 is 10.4 Å². The topological polar surface area (TPSA) is 86.6 Å². The normalized spacial score (nSPS) is 11.1. The van der Waals surface area contributed by atoms with Crippen LogP contribution in [0.2, 0.25) is 0 Å². The summed E-state index contributed by atoms with van der Waals surface area (Å²) in [6.07, 6.45) is 2.43. The van der Waals surface area contributed by atoms with E-state index in [1.807, 2.05) is 13.8 Å². The van der Waals surface area contributed by atoms with Crippen LogP contribution in [0.5, 0.6) is 0 Å². The molecule has 0 aliphatic heterocycles. The molecule has 0 unspecified atom stereocenters. The lowest BCUT2D eigenvalue weighted by Gasteiger charge is -2.09. The third-order valence-electron chi connectivity index (χ3n) is 2.81. The predicted octanol–water partition coefficient (Wildman–Crippen LogP) is 2.43. The van der Waals surface area contributed by atoms with Crippen molar-refractivity contribution in [2.24, 2.45) is 0 Å². The van der Waals surface area contributed by atoms with E-state index in [4.69, 9.17) is 9.66 Å². The van der Waals surface area contributed by atoms with Crippen molar-refractivity contribution in [1.82, 2.24) is 5.32 Å². The molecule has 0 heterocycles. The first-order valence-electron chi connectivity index (χ1n) is 7.22. The van der Waals surface area contributed by atoms with Crippen molar-refractivity contribution in [3.63, 3.8) is 0 Å². The highest BCUT2D eigenvalue weighted by Gasteiger charge is 2.15. The molecule has 0 spiro atoms. The molecule has 1 aromatic carbocycles. The summed E-state index contributed by atoms with van der Waals surface area (Å²) >= 11 is 0. The quantitative estimate of drug-likeness (QED) is 0.531. The van der Waals surface area contributed by atoms with Crippen LogP contribution in [0.15, 0.2) is 29.2 Å². The Morgan fingerprint density at radius 2 is 1.81 bits per heavy atom. The maximum Gasteiger partial charge on any atom is 0.294 e. The van der Waals surface area contributed by atoms with Gasteiger partial charge in [0.25, 0.3) is 10.1 Å². The standard InChI is InChI=1S/C9H12O3S.C6H15NO/c1-7(2)8-5-3-4-6-9(8)13(10,11)12;1-2-3-4-7-5-6-8/h3-7H,1-2H3,(H,10,11,12);7-8H,2-6H2,1H3. The number of nitrogens with one attached hydrogen (secondary N) is 1. The van der Waals surface area contributed by atoms with E-state index in [0.29, 0.717) is 5.56 Å². The van der Waals surface area contributed by atoms with Crippen molar-refractivity contribution in [3.8, 4) is 0 Å². The van der Waals surface area contributed by atoms with Gasteiger partial charge in [-0.15, -0.1) is 0 Å². The molecule has 1 aromatic rings. The minimum Gasteiger partial charge on any atom is -0.395 e. The van der Waals surface area contributed by atoms with E-state index >= 15 is 0 Å². The lowest BCUT2D eigenvalue weighted by molar-refractivity contribution is 0.292. The first kappa shape index (κ1) is 20.1. The number of rotatable bonds is 7. The molecule has 6 heteroatoms. The van der Waals surface area contributed by atoms with Crippen LogP contribution < -0.4 is 5.32 Å². The van der Waals surface area contributed by atoms with Gasteiger partial charge in [-0.25, -0.2) is 0 Å². The fourth-order valence-electron chi connectivity index (χ4n) is 1.70. The second-order valence-corrected chi connectivity index (χ2v) is 6.38. The van der Waals surface area contributed by atoms with Gasteiger partial charge in [0.2, 0.25) is 0 Å². The number of aliphatic hydroxyl groups excluding tert-OH is 1. The molecule has 1 rings (SSSR count). The molecule has 0 aliphatic rings. The Balaban J connectivity index is 0.000000433. The third-order valence-corrected chi connectivity index (χ3v) is 3.74. The maximum atomic E-state index is 10.9. The smallest absolute Gasteiger partial charge is 0.294 e. The average molecular weight is 317 g/mol. The Bertz CT molecular complexity index is 480. The van der Waals surface area contributed by atoms with E-state index in [9.17, 15) is 8.42 Å². The van der Waals surface area contributed by atoms with E-state index in [1.165, 1.54) is 18.9 Å². The molecular formula is C15H27NO4S. The van der Waals surface area contributed by atoms with E-state index in [1.54, 1.807) is 18.2 Å². The lowest BCUT2D eigenvalue weighted by Crippen LogP contribution is -2.18. The van der Waals surface area contributed by atoms with Crippen molar-refractivity contribution in [1.29, 1.82) is 0 Å². The van der Waals surface area contributed by atoms with Crippen LogP contribution >= 0.6 is 0 Å². The summed E-state index contributed by atoms with van der Waals surface area (Å²) in [6.45, 7) is 7.94. The van der Waals surface area contributed by atoms with Crippen LogP contribution in [-0.2, 0) is 10.1 Å². The molecule has 0 saturated carbocycles. The molecule has 122 valence electrons. The fourth-order valence-corrected chi connectivity index (χ4v) is 2.55. The van der Waals surface area contributed by atoms with E-state index in [2.05, 4.69) is 12.2 Å². The molecule has 21 heavy (non-hydrogen) atoms. The number of hydrogen-bond donors (Lipinski definition) is 3. The maximum absolute atomic E-state index is 10.9. The second-order valence-electron chi connectivity index (χ2n) is 4.99. The van der Waals surface area contributed by atoms with Gasteiger partial charge in [0.1, 0.15) is 0 Å². The molecule has 5 nitrogen and oxygen atoms in total. The Kier molecular flexibility index (Phi) is 10.2. The summed E-state index contributed by atoms with van der Waals surface area (Å²) in [7, 11) is -4.08. The molecule has 0 aromatic heterocycles. The van der Waals surface area contributed by atoms with Gasteiger partial charge >= 0.3 is 0 Å². The van der Waals surface area contributed by atoms with E-state index in [0.717, 1.165) is 13.1 Å². The van der Waals surface area contributed by atoms with Gasteiger partial charge in [0, 0.05) is 6.54 Å². The van der Waals surface area contributed by atoms with Gasteiger partial charge in [-0.2, -0.15) is 8.42 Å². The van der Waals surface area contributed by atoms with Gasteiger partial charge in [-0.05, 0) is 30.5 Å². The molecule has 0 radical (unpaired) electrons. The zero-order valence-corrected chi connectivity index (χ0v) is 13.9. The average Bonchev–Trinajstić information content (AvgIpc) is 2.43. The van der Waals surface area contributed by atoms with Crippen LogP contribution in [0.3, 0.4) is 0 Å². The summed E-state index contributed by atoms with van der Waals surface area (Å²) in [5.41, 5.74) is 0.644. The van der Waals surface area contributed by atoms with Gasteiger partial charge in [0.05, 0.1) is 11.5 Å². The zero-order chi connectivity index (χ0) is 16.3. The highest BCUT2D eigenvalue weighted by Crippen LogP contribution is 2.22. The zero-order valence-electron chi connectivity index (χ0n) is 13.0. The van der Waals surface area contributed by atoms with Crippen molar-refractivity contribution in [2.45, 2.75) is 44.4 Å². The van der Waals surface area contributed by atoms with Crippen LogP contribution in [0.1, 0.15) is 45.1 Å². The molecule has 0 saturated heterocycles. The molecular weight excluding hydrogens is 290 g/mol. The minimum atomic E-state index is -4.08. The molecule has 0 atom stereocenters. The highest BCUT2D eigenvalue weighted by molar-refractivity contribution is 7.85. The Hall–Kier alpha value is -0.950. The van der Waals surface area contributed by atoms with Crippen molar-refractivity contribution >= 4 is 10.1 Å². The first-order chi connectivity index (χ1) is 9.84. The summed E-state index contributed by atoms with van der Waals surface area (Å²) < 4.78 is 30.7. The number of benzene rings is 1. The SMILES string of the molecule is CC(C)c1ccccc1S(=O)(=O)O.CCCCNCCO. The van der Waals surface area contributed by atoms with Crippen molar-refractivity contribution < 1.29 is 18.1 Å². The first-order valence-corrected chi connectivity index (χ1v) is 8.66. The van der Waals surface area contributed by atoms with Gasteiger partial charge in [-0.3, -0.25) is 4.55 Å². The summed E-state index contributed by atoms with van der Waals surface area (Å²) in [5.74, 6) is 0.0816. The third kappa shape index (κ3) is 8.83. The molecule has 3 N–H and O–H groups in total. The van der Waals surface area contributed by atoms with Crippen LogP contribution in [0, 0.1) is 0 Å². The predicted molar refractivity (Wildman–Crippen MR) is 85.2 cm³/mol. The summed E-state index contributed by atoms with van der Waals surface area (Å²) in [5, 5.41) is 11.4. The molecule has 0 fully saturated rings. The largest absolute Gasteiger partial charge is 0.395 e. The van der Waals surface area contributed by atoms with Gasteiger partial charge in [-0.1, -0.05) is 45.4 Å². The molecule has 0 amide bonds. The minimum absolute atomic E-state index is 0.00463.